The van der Waals surface area contributed by atoms with Crippen LogP contribution in [-0.2, 0) is 0 Å². The summed E-state index contributed by atoms with van der Waals surface area (Å²) < 4.78 is 87.3. The van der Waals surface area contributed by atoms with Gasteiger partial charge in [0.2, 0.25) is 5.39 Å². The summed E-state index contributed by atoms with van der Waals surface area (Å²) in [7, 11) is 0. The van der Waals surface area contributed by atoms with Crippen LogP contribution >= 0.6 is 11.8 Å². The minimum Gasteiger partial charge on any atom is -0.206 e. The van der Waals surface area contributed by atoms with Gasteiger partial charge >= 0.3 is 17.8 Å². The fourth-order valence-corrected chi connectivity index (χ4v) is 2.08. The van der Waals surface area contributed by atoms with E-state index in [2.05, 4.69) is 4.98 Å². The molecule has 1 rings (SSSR count). The summed E-state index contributed by atoms with van der Waals surface area (Å²) in [5.74, 6) is -10.9. The lowest BCUT2D eigenvalue weighted by molar-refractivity contribution is -0.298. The van der Waals surface area contributed by atoms with Crippen molar-refractivity contribution in [2.75, 3.05) is 5.75 Å². The first-order valence-electron chi connectivity index (χ1n) is 5.37. The van der Waals surface area contributed by atoms with Crippen LogP contribution in [0.3, 0.4) is 0 Å². The van der Waals surface area contributed by atoms with Gasteiger partial charge in [-0.15, -0.1) is 11.8 Å². The van der Waals surface area contributed by atoms with E-state index in [1.165, 1.54) is 24.3 Å². The van der Waals surface area contributed by atoms with Crippen molar-refractivity contribution in [1.29, 1.82) is 5.39 Å². The molecule has 0 heterocycles. The maximum absolute atomic E-state index is 13.2. The lowest BCUT2D eigenvalue weighted by Gasteiger charge is -2.24. The molecule has 10 heteroatoms. The zero-order valence-corrected chi connectivity index (χ0v) is 11.0. The summed E-state index contributed by atoms with van der Waals surface area (Å²) in [5.41, 5.74) is 0.148. The average Bonchev–Trinajstić information content (AvgIpc) is 2.34. The van der Waals surface area contributed by atoms with Gasteiger partial charge < -0.3 is 0 Å². The molecule has 0 radical (unpaired) electrons. The van der Waals surface area contributed by atoms with Gasteiger partial charge in [0.05, 0.1) is 12.2 Å². The van der Waals surface area contributed by atoms with Crippen molar-refractivity contribution in [3.05, 3.63) is 29.2 Å². The first kappa shape index (κ1) is 17.6. The molecule has 0 unspecified atom stereocenters. The molecule has 0 aliphatic carbocycles. The third-order valence-corrected chi connectivity index (χ3v) is 3.47. The van der Waals surface area contributed by atoms with E-state index < -0.39 is 30.2 Å². The highest BCUT2D eigenvalue weighted by molar-refractivity contribution is 7.99. The Labute approximate surface area is 118 Å². The Balaban J connectivity index is 2.66. The molecule has 1 aromatic carbocycles. The molecule has 21 heavy (non-hydrogen) atoms. The van der Waals surface area contributed by atoms with Crippen molar-refractivity contribution in [3.63, 3.8) is 0 Å². The Bertz CT molecular complexity index is 519. The molecule has 1 aromatic rings. The number of benzene rings is 1. The van der Waals surface area contributed by atoms with Gasteiger partial charge in [-0.3, -0.25) is 0 Å². The van der Waals surface area contributed by atoms with Crippen LogP contribution in [0.2, 0.25) is 0 Å². The fourth-order valence-electron chi connectivity index (χ4n) is 1.27. The van der Waals surface area contributed by atoms with Crippen molar-refractivity contribution in [1.82, 2.24) is 0 Å². The van der Waals surface area contributed by atoms with Gasteiger partial charge in [-0.25, -0.2) is 8.78 Å². The van der Waals surface area contributed by atoms with E-state index >= 15 is 0 Å². The molecule has 0 aliphatic rings. The van der Waals surface area contributed by atoms with E-state index in [4.69, 9.17) is 5.39 Å². The number of diazo groups is 1. The van der Waals surface area contributed by atoms with Gasteiger partial charge in [0.15, 0.2) is 4.98 Å². The van der Waals surface area contributed by atoms with E-state index in [1.807, 2.05) is 0 Å². The molecule has 0 aromatic heterocycles. The maximum Gasteiger partial charge on any atom is 0.453 e. The maximum atomic E-state index is 13.2. The highest BCUT2D eigenvalue weighted by Gasteiger charge is 2.61. The Morgan fingerprint density at radius 1 is 0.952 bits per heavy atom. The SMILES string of the molecule is N#[N+]c1ccc(SCC(F)(F)CC(F)(F)C(F)(F)F)cc1. The minimum absolute atomic E-state index is 0.148. The van der Waals surface area contributed by atoms with Gasteiger partial charge in [-0.1, -0.05) is 0 Å². The Hall–Kier alpha value is -1.50. The Morgan fingerprint density at radius 3 is 1.90 bits per heavy atom. The summed E-state index contributed by atoms with van der Waals surface area (Å²) in [6.07, 6.45) is -8.61. The number of alkyl halides is 7. The summed E-state index contributed by atoms with van der Waals surface area (Å²) in [6.45, 7) is 0. The van der Waals surface area contributed by atoms with Crippen molar-refractivity contribution < 1.29 is 30.7 Å². The standard InChI is InChI=1S/C11H8F7N2S/c12-9(13,5-10(14,15)11(16,17)18)6-21-8-3-1-7(20-19)2-4-8/h1-4H,5-6H2/q+1. The normalized spacial score (nSPS) is 13.0. The molecule has 2 nitrogen and oxygen atoms in total. The third-order valence-electron chi connectivity index (χ3n) is 2.30. The molecule has 0 spiro atoms. The number of rotatable bonds is 5. The van der Waals surface area contributed by atoms with E-state index in [9.17, 15) is 30.7 Å². The molecular weight excluding hydrogens is 325 g/mol. The average molecular weight is 333 g/mol. The summed E-state index contributed by atoms with van der Waals surface area (Å²) in [6, 6.07) is 5.09. The molecule has 0 bridgehead atoms. The van der Waals surface area contributed by atoms with Crippen LogP contribution in [0, 0.1) is 5.39 Å². The van der Waals surface area contributed by atoms with Crippen LogP contribution in [-0.4, -0.2) is 23.8 Å². The highest BCUT2D eigenvalue weighted by Crippen LogP contribution is 2.44. The second-order valence-corrected chi connectivity index (χ2v) is 5.17. The first-order valence-corrected chi connectivity index (χ1v) is 6.36. The lowest BCUT2D eigenvalue weighted by atomic mass is 10.1. The van der Waals surface area contributed by atoms with Crippen LogP contribution in [0.5, 0.6) is 0 Å². The first-order chi connectivity index (χ1) is 9.47. The largest absolute Gasteiger partial charge is 0.453 e. The lowest BCUT2D eigenvalue weighted by Crippen LogP contribution is -2.42. The second kappa shape index (κ2) is 6.09. The summed E-state index contributed by atoms with van der Waals surface area (Å²) >= 11 is 0.424. The zero-order valence-electron chi connectivity index (χ0n) is 10.2. The number of nitrogens with zero attached hydrogens (tertiary/aromatic N) is 2. The number of halogens is 7. The van der Waals surface area contributed by atoms with E-state index in [1.54, 1.807) is 0 Å². The molecule has 0 aliphatic heterocycles. The number of hydrogen-bond donors (Lipinski definition) is 0. The number of hydrogen-bond acceptors (Lipinski definition) is 2. The predicted octanol–water partition coefficient (Wildman–Crippen LogP) is 5.49. The van der Waals surface area contributed by atoms with Crippen LogP contribution in [0.4, 0.5) is 36.4 Å². The van der Waals surface area contributed by atoms with Crippen molar-refractivity contribution >= 4 is 17.4 Å². The fraction of sp³-hybridized carbons (Fsp3) is 0.455. The molecule has 0 N–H and O–H groups in total. The van der Waals surface area contributed by atoms with Crippen molar-refractivity contribution in [2.24, 2.45) is 0 Å². The zero-order chi connectivity index (χ0) is 16.3. The van der Waals surface area contributed by atoms with Crippen LogP contribution in [0.15, 0.2) is 29.2 Å². The van der Waals surface area contributed by atoms with Crippen LogP contribution in [0.1, 0.15) is 6.42 Å². The Morgan fingerprint density at radius 2 is 1.48 bits per heavy atom. The van der Waals surface area contributed by atoms with E-state index in [0.717, 1.165) is 0 Å². The monoisotopic (exact) mass is 333 g/mol. The molecule has 0 saturated carbocycles. The van der Waals surface area contributed by atoms with E-state index in [0.29, 0.717) is 11.8 Å². The molecule has 0 saturated heterocycles. The highest BCUT2D eigenvalue weighted by atomic mass is 32.2. The second-order valence-electron chi connectivity index (χ2n) is 4.12. The number of thioether (sulfide) groups is 1. The quantitative estimate of drug-likeness (QED) is 0.405. The van der Waals surface area contributed by atoms with Gasteiger partial charge in [0, 0.05) is 17.0 Å². The van der Waals surface area contributed by atoms with Crippen molar-refractivity contribution in [3.8, 4) is 0 Å². The van der Waals surface area contributed by atoms with Crippen molar-refractivity contribution in [2.45, 2.75) is 29.3 Å². The van der Waals surface area contributed by atoms with E-state index in [-0.39, 0.29) is 10.6 Å². The van der Waals surface area contributed by atoms with Gasteiger partial charge in [0.25, 0.3) is 5.92 Å². The predicted molar refractivity (Wildman–Crippen MR) is 62.5 cm³/mol. The topological polar surface area (TPSA) is 28.1 Å². The van der Waals surface area contributed by atoms with Gasteiger partial charge in [0.1, 0.15) is 0 Å². The smallest absolute Gasteiger partial charge is 0.206 e. The minimum atomic E-state index is -6.01. The molecule has 0 amide bonds. The van der Waals surface area contributed by atoms with Gasteiger partial charge in [-0.2, -0.15) is 22.0 Å². The summed E-state index contributed by atoms with van der Waals surface area (Å²) in [5, 5.41) is 8.40. The van der Waals surface area contributed by atoms with Crippen LogP contribution in [0.25, 0.3) is 4.98 Å². The molecule has 116 valence electrons. The van der Waals surface area contributed by atoms with Crippen LogP contribution < -0.4 is 0 Å². The molecule has 0 fully saturated rings. The molecule has 0 atom stereocenters. The third kappa shape index (κ3) is 5.08. The summed E-state index contributed by atoms with van der Waals surface area (Å²) in [4.78, 5) is 3.03. The van der Waals surface area contributed by atoms with Gasteiger partial charge in [-0.05, 0) is 12.1 Å². The molecular formula is C11H8F7N2S+. The Kier molecular flexibility index (Phi) is 5.09.